The van der Waals surface area contributed by atoms with Crippen LogP contribution in [-0.4, -0.2) is 20.5 Å². The molecule has 3 aromatic rings. The molecule has 3 rings (SSSR count). The van der Waals surface area contributed by atoms with Crippen molar-refractivity contribution in [3.63, 3.8) is 0 Å². The number of hydrogen-bond acceptors (Lipinski definition) is 6. The third kappa shape index (κ3) is 4.38. The van der Waals surface area contributed by atoms with E-state index in [1.165, 1.54) is 55.6 Å². The Morgan fingerprint density at radius 2 is 1.46 bits per heavy atom. The quantitative estimate of drug-likeness (QED) is 0.470. The van der Waals surface area contributed by atoms with Gasteiger partial charge in [-0.1, -0.05) is 12.1 Å². The molecular formula is C19H16N2O6S. The predicted octanol–water partition coefficient (Wildman–Crippen LogP) is 4.20. The van der Waals surface area contributed by atoms with E-state index in [4.69, 9.17) is 9.47 Å². The maximum atomic E-state index is 12.6. The Labute approximate surface area is 161 Å². The minimum absolute atomic E-state index is 0.0452. The van der Waals surface area contributed by atoms with E-state index in [1.54, 1.807) is 24.3 Å². The number of nitrogens with one attached hydrogen (secondary N) is 1. The van der Waals surface area contributed by atoms with Crippen LogP contribution in [0.3, 0.4) is 0 Å². The number of nitrogens with zero attached hydrogens (tertiary/aromatic N) is 1. The molecule has 0 saturated heterocycles. The van der Waals surface area contributed by atoms with Crippen LogP contribution in [0.4, 0.5) is 11.4 Å². The van der Waals surface area contributed by atoms with Crippen molar-refractivity contribution in [2.75, 3.05) is 11.8 Å². The van der Waals surface area contributed by atoms with Gasteiger partial charge < -0.3 is 9.47 Å². The summed E-state index contributed by atoms with van der Waals surface area (Å²) >= 11 is 0. The number of methoxy groups -OCH3 is 1. The first-order valence-corrected chi connectivity index (χ1v) is 9.55. The molecule has 0 saturated carbocycles. The summed E-state index contributed by atoms with van der Waals surface area (Å²) in [4.78, 5) is 10.2. The molecule has 9 heteroatoms. The smallest absolute Gasteiger partial charge is 0.269 e. The fourth-order valence-electron chi connectivity index (χ4n) is 2.39. The molecule has 3 aromatic carbocycles. The predicted molar refractivity (Wildman–Crippen MR) is 103 cm³/mol. The lowest BCUT2D eigenvalue weighted by molar-refractivity contribution is -0.384. The number of para-hydroxylation sites is 2. The van der Waals surface area contributed by atoms with Crippen molar-refractivity contribution in [1.82, 2.24) is 0 Å². The highest BCUT2D eigenvalue weighted by Gasteiger charge is 2.16. The summed E-state index contributed by atoms with van der Waals surface area (Å²) in [7, 11) is -2.36. The van der Waals surface area contributed by atoms with Crippen LogP contribution in [0.1, 0.15) is 0 Å². The molecule has 0 heterocycles. The van der Waals surface area contributed by atoms with Gasteiger partial charge in [-0.2, -0.15) is 0 Å². The Balaban J connectivity index is 1.75. The molecule has 0 unspecified atom stereocenters. The normalized spacial score (nSPS) is 10.9. The SMILES string of the molecule is COc1ccccc1NS(=O)(=O)c1ccc(Oc2ccc([N+](=O)[O-])cc2)cc1. The standard InChI is InChI=1S/C19H16N2O6S/c1-26-19-5-3-2-4-18(19)20-28(24,25)17-12-10-16(11-13-17)27-15-8-6-14(7-9-15)21(22)23/h2-13,20H,1H3. The van der Waals surface area contributed by atoms with Crippen molar-refractivity contribution >= 4 is 21.4 Å². The zero-order valence-corrected chi connectivity index (χ0v) is 15.5. The second-order valence-corrected chi connectivity index (χ2v) is 7.31. The molecule has 8 nitrogen and oxygen atoms in total. The molecule has 0 fully saturated rings. The van der Waals surface area contributed by atoms with Gasteiger partial charge in [-0.15, -0.1) is 0 Å². The Hall–Kier alpha value is -3.59. The summed E-state index contributed by atoms with van der Waals surface area (Å²) in [5.74, 6) is 1.20. The summed E-state index contributed by atoms with van der Waals surface area (Å²) < 4.78 is 38.3. The van der Waals surface area contributed by atoms with Gasteiger partial charge >= 0.3 is 0 Å². The van der Waals surface area contributed by atoms with Gasteiger partial charge in [0.15, 0.2) is 0 Å². The number of ether oxygens (including phenoxy) is 2. The van der Waals surface area contributed by atoms with E-state index in [1.807, 2.05) is 0 Å². The molecular weight excluding hydrogens is 384 g/mol. The molecule has 0 aliphatic carbocycles. The van der Waals surface area contributed by atoms with Crippen molar-refractivity contribution < 1.29 is 22.8 Å². The van der Waals surface area contributed by atoms with Crippen LogP contribution >= 0.6 is 0 Å². The molecule has 0 aliphatic rings. The number of nitro benzene ring substituents is 1. The van der Waals surface area contributed by atoms with Crippen LogP contribution in [0.15, 0.2) is 77.7 Å². The highest BCUT2D eigenvalue weighted by Crippen LogP contribution is 2.28. The summed E-state index contributed by atoms with van der Waals surface area (Å²) in [6.07, 6.45) is 0. The molecule has 0 aromatic heterocycles. The van der Waals surface area contributed by atoms with Crippen LogP contribution in [0.2, 0.25) is 0 Å². The lowest BCUT2D eigenvalue weighted by Gasteiger charge is -2.12. The lowest BCUT2D eigenvalue weighted by atomic mass is 10.3. The van der Waals surface area contributed by atoms with E-state index in [2.05, 4.69) is 4.72 Å². The van der Waals surface area contributed by atoms with Crippen LogP contribution in [0, 0.1) is 10.1 Å². The van der Waals surface area contributed by atoms with Gasteiger partial charge in [-0.25, -0.2) is 8.42 Å². The van der Waals surface area contributed by atoms with Crippen LogP contribution in [0.25, 0.3) is 0 Å². The van der Waals surface area contributed by atoms with E-state index in [0.29, 0.717) is 22.9 Å². The summed E-state index contributed by atoms with van der Waals surface area (Å²) in [5, 5.41) is 10.7. The average Bonchev–Trinajstić information content (AvgIpc) is 2.69. The Morgan fingerprint density at radius 1 is 0.893 bits per heavy atom. The van der Waals surface area contributed by atoms with Gasteiger partial charge in [0, 0.05) is 12.1 Å². The maximum Gasteiger partial charge on any atom is 0.269 e. The van der Waals surface area contributed by atoms with Crippen molar-refractivity contribution in [2.24, 2.45) is 0 Å². The molecule has 0 amide bonds. The minimum atomic E-state index is -3.81. The number of nitro groups is 1. The average molecular weight is 400 g/mol. The monoisotopic (exact) mass is 400 g/mol. The lowest BCUT2D eigenvalue weighted by Crippen LogP contribution is -2.13. The van der Waals surface area contributed by atoms with Gasteiger partial charge in [0.2, 0.25) is 0 Å². The highest BCUT2D eigenvalue weighted by atomic mass is 32.2. The summed E-state index contributed by atoms with van der Waals surface area (Å²) in [6.45, 7) is 0. The molecule has 1 N–H and O–H groups in total. The number of rotatable bonds is 7. The largest absolute Gasteiger partial charge is 0.495 e. The summed E-state index contributed by atoms with van der Waals surface area (Å²) in [6, 6.07) is 18.1. The number of non-ortho nitro benzene ring substituents is 1. The zero-order valence-electron chi connectivity index (χ0n) is 14.7. The third-order valence-corrected chi connectivity index (χ3v) is 5.15. The second-order valence-electron chi connectivity index (χ2n) is 5.63. The fraction of sp³-hybridized carbons (Fsp3) is 0.0526. The summed E-state index contributed by atoms with van der Waals surface area (Å²) in [5.41, 5.74) is 0.285. The molecule has 0 radical (unpaired) electrons. The number of sulfonamides is 1. The Bertz CT molecular complexity index is 1080. The first kappa shape index (κ1) is 19.2. The van der Waals surface area contributed by atoms with Gasteiger partial charge in [0.1, 0.15) is 17.2 Å². The van der Waals surface area contributed by atoms with E-state index >= 15 is 0 Å². The van der Waals surface area contributed by atoms with Crippen LogP contribution in [0.5, 0.6) is 17.2 Å². The van der Waals surface area contributed by atoms with Crippen LogP contribution in [-0.2, 0) is 10.0 Å². The van der Waals surface area contributed by atoms with Crippen molar-refractivity contribution in [1.29, 1.82) is 0 Å². The zero-order chi connectivity index (χ0) is 20.1. The van der Waals surface area contributed by atoms with Crippen LogP contribution < -0.4 is 14.2 Å². The topological polar surface area (TPSA) is 108 Å². The van der Waals surface area contributed by atoms with Gasteiger partial charge in [-0.05, 0) is 48.5 Å². The van der Waals surface area contributed by atoms with E-state index in [-0.39, 0.29) is 10.6 Å². The minimum Gasteiger partial charge on any atom is -0.495 e. The maximum absolute atomic E-state index is 12.6. The van der Waals surface area contributed by atoms with E-state index in [9.17, 15) is 18.5 Å². The van der Waals surface area contributed by atoms with Crippen molar-refractivity contribution in [3.05, 3.63) is 82.9 Å². The van der Waals surface area contributed by atoms with Crippen molar-refractivity contribution in [3.8, 4) is 17.2 Å². The van der Waals surface area contributed by atoms with E-state index in [0.717, 1.165) is 0 Å². The highest BCUT2D eigenvalue weighted by molar-refractivity contribution is 7.92. The first-order valence-electron chi connectivity index (χ1n) is 8.07. The number of hydrogen-bond donors (Lipinski definition) is 1. The molecule has 0 spiro atoms. The van der Waals surface area contributed by atoms with Gasteiger partial charge in [0.25, 0.3) is 15.7 Å². The molecule has 144 valence electrons. The third-order valence-electron chi connectivity index (χ3n) is 3.77. The van der Waals surface area contributed by atoms with Gasteiger partial charge in [-0.3, -0.25) is 14.8 Å². The fourth-order valence-corrected chi connectivity index (χ4v) is 3.46. The van der Waals surface area contributed by atoms with Gasteiger partial charge in [0.05, 0.1) is 22.6 Å². The number of benzene rings is 3. The molecule has 0 aliphatic heterocycles. The first-order chi connectivity index (χ1) is 13.4. The number of anilines is 1. The second kappa shape index (κ2) is 7.97. The molecule has 0 bridgehead atoms. The molecule has 0 atom stereocenters. The Kier molecular flexibility index (Phi) is 5.46. The van der Waals surface area contributed by atoms with E-state index < -0.39 is 14.9 Å². The van der Waals surface area contributed by atoms with Crippen molar-refractivity contribution in [2.45, 2.75) is 4.90 Å². The Morgan fingerprint density at radius 3 is 2.04 bits per heavy atom. The molecule has 28 heavy (non-hydrogen) atoms.